The Morgan fingerprint density at radius 1 is 1.00 bits per heavy atom. The summed E-state index contributed by atoms with van der Waals surface area (Å²) in [5.74, 6) is 0.200. The molecule has 2 unspecified atom stereocenters. The molecule has 210 valence electrons. The van der Waals surface area contributed by atoms with E-state index >= 15 is 0 Å². The summed E-state index contributed by atoms with van der Waals surface area (Å²) in [6.45, 7) is 13.8. The third-order valence-electron chi connectivity index (χ3n) is 5.77. The number of amides is 3. The average Bonchev–Trinajstić information content (AvgIpc) is 2.79. The number of ether oxygens (including phenoxy) is 1. The van der Waals surface area contributed by atoms with Gasteiger partial charge in [0.2, 0.25) is 11.8 Å². The zero-order valence-corrected chi connectivity index (χ0v) is 25.0. The van der Waals surface area contributed by atoms with Gasteiger partial charge in [-0.2, -0.15) is 11.8 Å². The lowest BCUT2D eigenvalue weighted by Gasteiger charge is -2.35. The number of nitrogens with zero attached hydrogens (tertiary/aromatic N) is 1. The van der Waals surface area contributed by atoms with E-state index in [-0.39, 0.29) is 17.9 Å². The fourth-order valence-electron chi connectivity index (χ4n) is 3.98. The molecule has 0 bridgehead atoms. The van der Waals surface area contributed by atoms with Gasteiger partial charge in [-0.3, -0.25) is 9.59 Å². The number of carbonyl (C=O) groups excluding carboxylic acids is 3. The molecule has 0 aliphatic heterocycles. The number of unbranched alkanes of at least 4 members (excludes halogenated alkanes) is 4. The molecule has 7 nitrogen and oxygen atoms in total. The normalized spacial score (nSPS) is 13.1. The van der Waals surface area contributed by atoms with E-state index in [1.165, 1.54) is 0 Å². The average molecular weight is 536 g/mol. The lowest BCUT2D eigenvalue weighted by molar-refractivity contribution is -0.142. The van der Waals surface area contributed by atoms with Gasteiger partial charge in [-0.25, -0.2) is 4.79 Å². The van der Waals surface area contributed by atoms with Gasteiger partial charge in [0, 0.05) is 12.6 Å². The topological polar surface area (TPSA) is 87.7 Å². The van der Waals surface area contributed by atoms with E-state index in [1.54, 1.807) is 37.4 Å². The molecule has 0 fully saturated rings. The molecule has 3 amide bonds. The van der Waals surface area contributed by atoms with Crippen LogP contribution < -0.4 is 10.6 Å². The Bertz CT molecular complexity index is 837. The standard InChI is InChI=1S/C29H49N3O4S/c1-9-10-11-12-13-19-32(25(26(33)30-21(2)3)23-16-14-22(4)15-17-23)27(34)24(18-20-37-8)31-28(35)36-29(5,6)7/h14-17,21,24-25H,9-13,18-20H2,1-8H3,(H,30,33)(H,31,35). The number of nitrogens with one attached hydrogen (secondary N) is 2. The van der Waals surface area contributed by atoms with Crippen LogP contribution in [-0.2, 0) is 14.3 Å². The molecule has 1 aromatic rings. The Balaban J connectivity index is 3.40. The fourth-order valence-corrected chi connectivity index (χ4v) is 4.45. The smallest absolute Gasteiger partial charge is 0.408 e. The first-order valence-electron chi connectivity index (χ1n) is 13.6. The molecule has 37 heavy (non-hydrogen) atoms. The van der Waals surface area contributed by atoms with Crippen LogP contribution in [0.2, 0.25) is 0 Å². The van der Waals surface area contributed by atoms with Gasteiger partial charge in [0.1, 0.15) is 17.7 Å². The summed E-state index contributed by atoms with van der Waals surface area (Å²) in [5.41, 5.74) is 1.15. The second kappa shape index (κ2) is 16.6. The first-order valence-corrected chi connectivity index (χ1v) is 14.9. The molecule has 0 saturated heterocycles. The summed E-state index contributed by atoms with van der Waals surface area (Å²) in [7, 11) is 0. The molecule has 0 radical (unpaired) electrons. The Morgan fingerprint density at radius 2 is 1.62 bits per heavy atom. The van der Waals surface area contributed by atoms with E-state index in [4.69, 9.17) is 4.74 Å². The minimum Gasteiger partial charge on any atom is -0.444 e. The van der Waals surface area contributed by atoms with Gasteiger partial charge in [0.05, 0.1) is 0 Å². The van der Waals surface area contributed by atoms with Crippen molar-refractivity contribution in [2.75, 3.05) is 18.6 Å². The van der Waals surface area contributed by atoms with Crippen LogP contribution in [0, 0.1) is 6.92 Å². The van der Waals surface area contributed by atoms with Crippen molar-refractivity contribution in [1.29, 1.82) is 0 Å². The fraction of sp³-hybridized carbons (Fsp3) is 0.690. The highest BCUT2D eigenvalue weighted by atomic mass is 32.2. The zero-order chi connectivity index (χ0) is 28.0. The van der Waals surface area contributed by atoms with Crippen LogP contribution in [0.1, 0.15) is 97.2 Å². The van der Waals surface area contributed by atoms with Gasteiger partial charge >= 0.3 is 6.09 Å². The SMILES string of the molecule is CCCCCCCN(C(=O)C(CCSC)NC(=O)OC(C)(C)C)C(C(=O)NC(C)C)c1ccc(C)cc1. The van der Waals surface area contributed by atoms with Crippen molar-refractivity contribution in [1.82, 2.24) is 15.5 Å². The Labute approximate surface area is 228 Å². The quantitative estimate of drug-likeness (QED) is 0.269. The molecule has 8 heteroatoms. The van der Waals surface area contributed by atoms with E-state index in [0.29, 0.717) is 18.7 Å². The van der Waals surface area contributed by atoms with Crippen molar-refractivity contribution in [2.45, 2.75) is 111 Å². The number of alkyl carbamates (subject to hydrolysis) is 1. The lowest BCUT2D eigenvalue weighted by Crippen LogP contribution is -2.54. The van der Waals surface area contributed by atoms with Crippen molar-refractivity contribution in [3.63, 3.8) is 0 Å². The van der Waals surface area contributed by atoms with Crippen molar-refractivity contribution in [2.24, 2.45) is 0 Å². The van der Waals surface area contributed by atoms with E-state index in [2.05, 4.69) is 17.6 Å². The first-order chi connectivity index (χ1) is 17.4. The number of benzene rings is 1. The van der Waals surface area contributed by atoms with Gasteiger partial charge in [-0.1, -0.05) is 62.4 Å². The van der Waals surface area contributed by atoms with Gasteiger partial charge in [-0.05, 0) is 72.0 Å². The Kier molecular flexibility index (Phi) is 14.7. The predicted octanol–water partition coefficient (Wildman–Crippen LogP) is 6.01. The van der Waals surface area contributed by atoms with Crippen LogP contribution in [0.4, 0.5) is 4.79 Å². The highest BCUT2D eigenvalue weighted by molar-refractivity contribution is 7.98. The van der Waals surface area contributed by atoms with Gasteiger partial charge < -0.3 is 20.3 Å². The number of carbonyl (C=O) groups is 3. The van der Waals surface area contributed by atoms with Crippen molar-refractivity contribution in [3.8, 4) is 0 Å². The summed E-state index contributed by atoms with van der Waals surface area (Å²) in [5, 5.41) is 5.80. The van der Waals surface area contributed by atoms with Crippen LogP contribution in [0.25, 0.3) is 0 Å². The van der Waals surface area contributed by atoms with Gasteiger partial charge in [0.25, 0.3) is 0 Å². The number of hydrogen-bond donors (Lipinski definition) is 2. The number of aryl methyl sites for hydroxylation is 1. The summed E-state index contributed by atoms with van der Waals surface area (Å²) in [4.78, 5) is 42.0. The maximum absolute atomic E-state index is 14.1. The molecule has 0 saturated carbocycles. The van der Waals surface area contributed by atoms with Crippen molar-refractivity contribution >= 4 is 29.7 Å². The minimum absolute atomic E-state index is 0.0749. The number of thioether (sulfide) groups is 1. The molecular formula is C29H49N3O4S. The second-order valence-corrected chi connectivity index (χ2v) is 11.9. The molecular weight excluding hydrogens is 486 g/mol. The van der Waals surface area contributed by atoms with E-state index in [1.807, 2.05) is 51.3 Å². The Hall–Kier alpha value is -2.22. The molecule has 0 spiro atoms. The maximum atomic E-state index is 14.1. The second-order valence-electron chi connectivity index (χ2n) is 10.9. The minimum atomic E-state index is -0.794. The third kappa shape index (κ3) is 12.7. The van der Waals surface area contributed by atoms with Gasteiger partial charge in [-0.15, -0.1) is 0 Å². The number of rotatable bonds is 15. The molecule has 0 aromatic heterocycles. The van der Waals surface area contributed by atoms with E-state index in [0.717, 1.165) is 43.2 Å². The van der Waals surface area contributed by atoms with Gasteiger partial charge in [0.15, 0.2) is 0 Å². The maximum Gasteiger partial charge on any atom is 0.408 e. The molecule has 1 rings (SSSR count). The molecule has 0 aliphatic carbocycles. The highest BCUT2D eigenvalue weighted by Crippen LogP contribution is 2.25. The van der Waals surface area contributed by atoms with Crippen LogP contribution in [-0.4, -0.2) is 59.0 Å². The molecule has 0 aliphatic rings. The highest BCUT2D eigenvalue weighted by Gasteiger charge is 2.36. The van der Waals surface area contributed by atoms with E-state index in [9.17, 15) is 14.4 Å². The molecule has 1 aromatic carbocycles. The summed E-state index contributed by atoms with van der Waals surface area (Å²) < 4.78 is 5.46. The first kappa shape index (κ1) is 32.8. The summed E-state index contributed by atoms with van der Waals surface area (Å²) >= 11 is 1.61. The molecule has 2 N–H and O–H groups in total. The largest absolute Gasteiger partial charge is 0.444 e. The molecule has 2 atom stereocenters. The number of hydrogen-bond acceptors (Lipinski definition) is 5. The third-order valence-corrected chi connectivity index (χ3v) is 6.41. The predicted molar refractivity (Wildman–Crippen MR) is 154 cm³/mol. The van der Waals surface area contributed by atoms with Crippen LogP contribution >= 0.6 is 11.8 Å². The Morgan fingerprint density at radius 3 is 2.16 bits per heavy atom. The lowest BCUT2D eigenvalue weighted by atomic mass is 10.00. The molecule has 0 heterocycles. The zero-order valence-electron chi connectivity index (χ0n) is 24.2. The van der Waals surface area contributed by atoms with Crippen molar-refractivity contribution < 1.29 is 19.1 Å². The summed E-state index contributed by atoms with van der Waals surface area (Å²) in [6.07, 6.45) is 6.88. The van der Waals surface area contributed by atoms with E-state index < -0.39 is 23.8 Å². The van der Waals surface area contributed by atoms with Crippen molar-refractivity contribution in [3.05, 3.63) is 35.4 Å². The summed E-state index contributed by atoms with van der Waals surface area (Å²) in [6, 6.07) is 6.08. The monoisotopic (exact) mass is 535 g/mol. The van der Waals surface area contributed by atoms with Crippen LogP contribution in [0.15, 0.2) is 24.3 Å². The van der Waals surface area contributed by atoms with Crippen LogP contribution in [0.3, 0.4) is 0 Å². The van der Waals surface area contributed by atoms with Crippen LogP contribution in [0.5, 0.6) is 0 Å².